The Hall–Kier alpha value is -0.890. The average molecular weight is 301 g/mol. The lowest BCUT2D eigenvalue weighted by molar-refractivity contribution is 0.363. The third-order valence-electron chi connectivity index (χ3n) is 3.04. The SMILES string of the molecule is CC(CN(C)C)NS(=O)(=O)c1ccc(CNC2CC2)o1. The molecule has 0 bridgehead atoms. The first-order valence-corrected chi connectivity index (χ1v) is 8.34. The van der Waals surface area contributed by atoms with Gasteiger partial charge in [0.05, 0.1) is 6.54 Å². The van der Waals surface area contributed by atoms with E-state index >= 15 is 0 Å². The van der Waals surface area contributed by atoms with Gasteiger partial charge in [-0.2, -0.15) is 0 Å². The Kier molecular flexibility index (Phi) is 4.85. The van der Waals surface area contributed by atoms with Crippen molar-refractivity contribution < 1.29 is 12.8 Å². The molecule has 7 heteroatoms. The lowest BCUT2D eigenvalue weighted by Crippen LogP contribution is -2.39. The van der Waals surface area contributed by atoms with E-state index in [2.05, 4.69) is 10.0 Å². The van der Waals surface area contributed by atoms with Crippen molar-refractivity contribution in [2.45, 2.75) is 43.5 Å². The van der Waals surface area contributed by atoms with Gasteiger partial charge in [-0.05, 0) is 46.0 Å². The van der Waals surface area contributed by atoms with Crippen molar-refractivity contribution in [1.29, 1.82) is 0 Å². The van der Waals surface area contributed by atoms with Gasteiger partial charge >= 0.3 is 0 Å². The summed E-state index contributed by atoms with van der Waals surface area (Å²) in [4.78, 5) is 1.93. The molecular formula is C13H23N3O3S. The summed E-state index contributed by atoms with van der Waals surface area (Å²) in [6.45, 7) is 3.04. The smallest absolute Gasteiger partial charge is 0.274 e. The third-order valence-corrected chi connectivity index (χ3v) is 4.50. The summed E-state index contributed by atoms with van der Waals surface area (Å²) in [6, 6.07) is 3.61. The van der Waals surface area contributed by atoms with Crippen molar-refractivity contribution in [2.75, 3.05) is 20.6 Å². The minimum Gasteiger partial charge on any atom is -0.447 e. The van der Waals surface area contributed by atoms with Gasteiger partial charge in [0.15, 0.2) is 0 Å². The van der Waals surface area contributed by atoms with Crippen molar-refractivity contribution >= 4 is 10.0 Å². The molecule has 0 spiro atoms. The van der Waals surface area contributed by atoms with Crippen LogP contribution in [0.5, 0.6) is 0 Å². The lowest BCUT2D eigenvalue weighted by Gasteiger charge is -2.17. The second-order valence-electron chi connectivity index (χ2n) is 5.66. The number of likely N-dealkylation sites (N-methyl/N-ethyl adjacent to an activating group) is 1. The number of nitrogens with one attached hydrogen (secondary N) is 2. The molecule has 1 aliphatic carbocycles. The molecule has 1 unspecified atom stereocenters. The number of hydrogen-bond acceptors (Lipinski definition) is 5. The molecule has 0 amide bonds. The minimum atomic E-state index is -3.58. The molecule has 0 saturated heterocycles. The Labute approximate surface area is 120 Å². The van der Waals surface area contributed by atoms with E-state index in [0.717, 1.165) is 0 Å². The second kappa shape index (κ2) is 6.26. The summed E-state index contributed by atoms with van der Waals surface area (Å²) < 4.78 is 32.3. The van der Waals surface area contributed by atoms with Crippen LogP contribution in [-0.2, 0) is 16.6 Å². The summed E-state index contributed by atoms with van der Waals surface area (Å²) >= 11 is 0. The number of sulfonamides is 1. The van der Waals surface area contributed by atoms with Crippen LogP contribution in [0.2, 0.25) is 0 Å². The summed E-state index contributed by atoms with van der Waals surface area (Å²) in [5.41, 5.74) is 0. The normalized spacial score (nSPS) is 17.6. The third kappa shape index (κ3) is 4.59. The van der Waals surface area contributed by atoms with E-state index in [-0.39, 0.29) is 11.1 Å². The Morgan fingerprint density at radius 2 is 2.10 bits per heavy atom. The first-order chi connectivity index (χ1) is 9.37. The molecule has 1 aliphatic rings. The van der Waals surface area contributed by atoms with E-state index in [1.54, 1.807) is 6.07 Å². The van der Waals surface area contributed by atoms with Gasteiger partial charge < -0.3 is 14.6 Å². The van der Waals surface area contributed by atoms with Crippen LogP contribution in [-0.4, -0.2) is 46.0 Å². The highest BCUT2D eigenvalue weighted by Crippen LogP contribution is 2.20. The van der Waals surface area contributed by atoms with E-state index in [4.69, 9.17) is 4.42 Å². The van der Waals surface area contributed by atoms with Crippen LogP contribution in [0.15, 0.2) is 21.6 Å². The van der Waals surface area contributed by atoms with E-state index in [9.17, 15) is 8.42 Å². The zero-order valence-corrected chi connectivity index (χ0v) is 13.0. The summed E-state index contributed by atoms with van der Waals surface area (Å²) in [7, 11) is 0.226. The van der Waals surface area contributed by atoms with Crippen molar-refractivity contribution in [1.82, 2.24) is 14.9 Å². The molecule has 1 fully saturated rings. The highest BCUT2D eigenvalue weighted by Gasteiger charge is 2.23. The maximum atomic E-state index is 12.1. The molecule has 1 aromatic heterocycles. The maximum absolute atomic E-state index is 12.1. The van der Waals surface area contributed by atoms with Crippen LogP contribution in [0.3, 0.4) is 0 Å². The van der Waals surface area contributed by atoms with Gasteiger partial charge in [-0.25, -0.2) is 13.1 Å². The number of rotatable bonds is 8. The van der Waals surface area contributed by atoms with Crippen molar-refractivity contribution in [2.24, 2.45) is 0 Å². The monoisotopic (exact) mass is 301 g/mol. The molecule has 0 aliphatic heterocycles. The predicted molar refractivity (Wildman–Crippen MR) is 76.9 cm³/mol. The zero-order valence-electron chi connectivity index (χ0n) is 12.2. The molecule has 2 rings (SSSR count). The van der Waals surface area contributed by atoms with Crippen molar-refractivity contribution in [3.05, 3.63) is 17.9 Å². The van der Waals surface area contributed by atoms with E-state index in [1.165, 1.54) is 18.9 Å². The van der Waals surface area contributed by atoms with E-state index in [1.807, 2.05) is 25.9 Å². The molecule has 20 heavy (non-hydrogen) atoms. The molecule has 114 valence electrons. The van der Waals surface area contributed by atoms with Gasteiger partial charge in [0.2, 0.25) is 5.09 Å². The number of nitrogens with zero attached hydrogens (tertiary/aromatic N) is 1. The van der Waals surface area contributed by atoms with Crippen LogP contribution in [0.1, 0.15) is 25.5 Å². The average Bonchev–Trinajstić information content (AvgIpc) is 3.01. The van der Waals surface area contributed by atoms with Crippen LogP contribution in [0.25, 0.3) is 0 Å². The molecular weight excluding hydrogens is 278 g/mol. The van der Waals surface area contributed by atoms with Crippen molar-refractivity contribution in [3.63, 3.8) is 0 Å². The highest BCUT2D eigenvalue weighted by atomic mass is 32.2. The van der Waals surface area contributed by atoms with Crippen LogP contribution in [0.4, 0.5) is 0 Å². The van der Waals surface area contributed by atoms with Crippen LogP contribution < -0.4 is 10.0 Å². The second-order valence-corrected chi connectivity index (χ2v) is 7.31. The Balaban J connectivity index is 1.94. The van der Waals surface area contributed by atoms with Gasteiger partial charge in [0.25, 0.3) is 10.0 Å². The standard InChI is InChI=1S/C13H23N3O3S/c1-10(9-16(2)3)15-20(17,18)13-7-6-12(19-13)8-14-11-4-5-11/h6-7,10-11,14-15H,4-5,8-9H2,1-3H3. The maximum Gasteiger partial charge on any atom is 0.274 e. The summed E-state index contributed by atoms with van der Waals surface area (Å²) in [5, 5.41) is 3.27. The highest BCUT2D eigenvalue weighted by molar-refractivity contribution is 7.89. The minimum absolute atomic E-state index is 0.0179. The molecule has 2 N–H and O–H groups in total. The molecule has 1 heterocycles. The van der Waals surface area contributed by atoms with Gasteiger partial charge in [-0.15, -0.1) is 0 Å². The van der Waals surface area contributed by atoms with Gasteiger partial charge in [-0.3, -0.25) is 0 Å². The number of hydrogen-bond donors (Lipinski definition) is 2. The van der Waals surface area contributed by atoms with Crippen LogP contribution >= 0.6 is 0 Å². The van der Waals surface area contributed by atoms with E-state index in [0.29, 0.717) is 24.9 Å². The van der Waals surface area contributed by atoms with E-state index < -0.39 is 10.0 Å². The molecule has 1 atom stereocenters. The molecule has 1 aromatic rings. The Bertz CT molecular complexity index is 535. The first-order valence-electron chi connectivity index (χ1n) is 6.86. The van der Waals surface area contributed by atoms with Crippen LogP contribution in [0, 0.1) is 0 Å². The van der Waals surface area contributed by atoms with Gasteiger partial charge in [0.1, 0.15) is 5.76 Å². The first kappa shape index (κ1) is 15.5. The largest absolute Gasteiger partial charge is 0.447 e. The Morgan fingerprint density at radius 1 is 1.40 bits per heavy atom. The lowest BCUT2D eigenvalue weighted by atomic mass is 10.3. The molecule has 0 radical (unpaired) electrons. The predicted octanol–water partition coefficient (Wildman–Crippen LogP) is 0.760. The van der Waals surface area contributed by atoms with Gasteiger partial charge in [0, 0.05) is 18.6 Å². The fourth-order valence-electron chi connectivity index (χ4n) is 2.04. The van der Waals surface area contributed by atoms with Gasteiger partial charge in [-0.1, -0.05) is 0 Å². The fourth-order valence-corrected chi connectivity index (χ4v) is 3.22. The fraction of sp³-hybridized carbons (Fsp3) is 0.692. The van der Waals surface area contributed by atoms with Crippen molar-refractivity contribution in [3.8, 4) is 0 Å². The zero-order chi connectivity index (χ0) is 14.8. The molecule has 6 nitrogen and oxygen atoms in total. The molecule has 1 saturated carbocycles. The summed E-state index contributed by atoms with van der Waals surface area (Å²) in [5.74, 6) is 0.650. The Morgan fingerprint density at radius 3 is 2.70 bits per heavy atom. The topological polar surface area (TPSA) is 74.6 Å². The summed E-state index contributed by atoms with van der Waals surface area (Å²) in [6.07, 6.45) is 2.38. The molecule has 0 aromatic carbocycles. The number of furan rings is 1. The quantitative estimate of drug-likeness (QED) is 0.741.